The van der Waals surface area contributed by atoms with Gasteiger partial charge in [0.05, 0.1) is 6.20 Å². The SMILES string of the molecule is [N-]=[N+]=Nc1ccc(C=O)cc1-c1c[nH]nn1. The number of azide groups is 1. The lowest BCUT2D eigenvalue weighted by Crippen LogP contribution is -1.84. The second kappa shape index (κ2) is 4.24. The quantitative estimate of drug-likeness (QED) is 0.366. The Morgan fingerprint density at radius 1 is 1.50 bits per heavy atom. The highest BCUT2D eigenvalue weighted by Crippen LogP contribution is 2.29. The molecule has 0 bridgehead atoms. The highest BCUT2D eigenvalue weighted by atomic mass is 16.1. The van der Waals surface area contributed by atoms with Crippen LogP contribution in [0.2, 0.25) is 0 Å². The Kier molecular flexibility index (Phi) is 2.62. The summed E-state index contributed by atoms with van der Waals surface area (Å²) >= 11 is 0. The summed E-state index contributed by atoms with van der Waals surface area (Å²) in [6, 6.07) is 4.73. The smallest absolute Gasteiger partial charge is 0.150 e. The van der Waals surface area contributed by atoms with Crippen molar-refractivity contribution in [3.05, 3.63) is 40.4 Å². The lowest BCUT2D eigenvalue weighted by atomic mass is 10.1. The van der Waals surface area contributed by atoms with Gasteiger partial charge in [-0.05, 0) is 11.6 Å². The third-order valence-electron chi connectivity index (χ3n) is 2.00. The molecule has 7 heteroatoms. The van der Waals surface area contributed by atoms with E-state index in [1.807, 2.05) is 0 Å². The number of hydrogen-bond acceptors (Lipinski definition) is 4. The summed E-state index contributed by atoms with van der Waals surface area (Å²) in [5.74, 6) is 0. The molecule has 0 amide bonds. The molecule has 0 aliphatic heterocycles. The lowest BCUT2D eigenvalue weighted by Gasteiger charge is -2.01. The van der Waals surface area contributed by atoms with Gasteiger partial charge in [-0.1, -0.05) is 22.5 Å². The Morgan fingerprint density at radius 2 is 2.38 bits per heavy atom. The number of aldehydes is 1. The molecular weight excluding hydrogens is 208 g/mol. The average molecular weight is 214 g/mol. The minimum atomic E-state index is 0.405. The van der Waals surface area contributed by atoms with Gasteiger partial charge in [0, 0.05) is 21.7 Å². The summed E-state index contributed by atoms with van der Waals surface area (Å²) in [5.41, 5.74) is 10.4. The molecule has 2 aromatic rings. The van der Waals surface area contributed by atoms with Crippen LogP contribution in [0.3, 0.4) is 0 Å². The number of aromatic nitrogens is 3. The van der Waals surface area contributed by atoms with Gasteiger partial charge < -0.3 is 0 Å². The molecule has 2 rings (SSSR count). The van der Waals surface area contributed by atoms with Gasteiger partial charge >= 0.3 is 0 Å². The van der Waals surface area contributed by atoms with E-state index in [-0.39, 0.29) is 0 Å². The maximum absolute atomic E-state index is 10.7. The van der Waals surface area contributed by atoms with Crippen LogP contribution in [0.1, 0.15) is 10.4 Å². The van der Waals surface area contributed by atoms with E-state index in [9.17, 15) is 4.79 Å². The summed E-state index contributed by atoms with van der Waals surface area (Å²) in [6.07, 6.45) is 2.27. The molecule has 0 aliphatic carbocycles. The zero-order chi connectivity index (χ0) is 11.4. The molecule has 0 fully saturated rings. The van der Waals surface area contributed by atoms with E-state index in [0.717, 1.165) is 0 Å². The Bertz CT molecular complexity index is 555. The molecule has 0 saturated heterocycles. The first-order valence-electron chi connectivity index (χ1n) is 4.36. The van der Waals surface area contributed by atoms with E-state index in [4.69, 9.17) is 5.53 Å². The molecule has 0 spiro atoms. The largest absolute Gasteiger partial charge is 0.298 e. The van der Waals surface area contributed by atoms with Crippen molar-refractivity contribution in [2.24, 2.45) is 5.11 Å². The number of carbonyl (C=O) groups is 1. The third-order valence-corrected chi connectivity index (χ3v) is 2.00. The van der Waals surface area contributed by atoms with Crippen LogP contribution in [-0.4, -0.2) is 21.7 Å². The Labute approximate surface area is 89.7 Å². The van der Waals surface area contributed by atoms with Crippen molar-refractivity contribution in [3.8, 4) is 11.3 Å². The molecule has 16 heavy (non-hydrogen) atoms. The van der Waals surface area contributed by atoms with Gasteiger partial charge in [0.15, 0.2) is 0 Å². The number of nitrogens with zero attached hydrogens (tertiary/aromatic N) is 5. The minimum absolute atomic E-state index is 0.405. The van der Waals surface area contributed by atoms with Crippen LogP contribution in [-0.2, 0) is 0 Å². The number of benzene rings is 1. The first-order chi connectivity index (χ1) is 7.85. The molecule has 0 unspecified atom stereocenters. The lowest BCUT2D eigenvalue weighted by molar-refractivity contribution is 0.112. The van der Waals surface area contributed by atoms with Gasteiger partial charge in [-0.25, -0.2) is 0 Å². The van der Waals surface area contributed by atoms with E-state index >= 15 is 0 Å². The van der Waals surface area contributed by atoms with Crippen LogP contribution in [0.15, 0.2) is 29.5 Å². The van der Waals surface area contributed by atoms with Crippen LogP contribution >= 0.6 is 0 Å². The Morgan fingerprint density at radius 3 is 3.00 bits per heavy atom. The maximum Gasteiger partial charge on any atom is 0.150 e. The van der Waals surface area contributed by atoms with Crippen molar-refractivity contribution in [1.29, 1.82) is 0 Å². The Balaban J connectivity index is 2.63. The van der Waals surface area contributed by atoms with Crippen molar-refractivity contribution in [2.45, 2.75) is 0 Å². The van der Waals surface area contributed by atoms with Crippen molar-refractivity contribution in [1.82, 2.24) is 15.4 Å². The second-order valence-electron chi connectivity index (χ2n) is 2.94. The average Bonchev–Trinajstić information content (AvgIpc) is 2.83. The normalized spacial score (nSPS) is 9.50. The molecule has 1 aromatic carbocycles. The topological polar surface area (TPSA) is 107 Å². The molecule has 7 nitrogen and oxygen atoms in total. The van der Waals surface area contributed by atoms with Crippen molar-refractivity contribution >= 4 is 12.0 Å². The molecule has 0 aliphatic rings. The van der Waals surface area contributed by atoms with Gasteiger partial charge in [-0.3, -0.25) is 9.89 Å². The van der Waals surface area contributed by atoms with E-state index < -0.39 is 0 Å². The zero-order valence-corrected chi connectivity index (χ0v) is 8.03. The van der Waals surface area contributed by atoms with Crippen molar-refractivity contribution in [2.75, 3.05) is 0 Å². The number of hydrogen-bond donors (Lipinski definition) is 1. The van der Waals surface area contributed by atoms with Gasteiger partial charge in [-0.2, -0.15) is 0 Å². The van der Waals surface area contributed by atoms with Crippen molar-refractivity contribution in [3.63, 3.8) is 0 Å². The molecular formula is C9H6N6O. The molecule has 1 aromatic heterocycles. The highest BCUT2D eigenvalue weighted by Gasteiger charge is 2.07. The van der Waals surface area contributed by atoms with Crippen LogP contribution in [0.25, 0.3) is 21.7 Å². The summed E-state index contributed by atoms with van der Waals surface area (Å²) in [4.78, 5) is 13.4. The zero-order valence-electron chi connectivity index (χ0n) is 8.03. The molecule has 1 heterocycles. The van der Waals surface area contributed by atoms with Gasteiger partial charge in [-0.15, -0.1) is 5.10 Å². The van der Waals surface area contributed by atoms with E-state index in [1.54, 1.807) is 24.4 Å². The minimum Gasteiger partial charge on any atom is -0.298 e. The standard InChI is InChI=1S/C9H6N6O/c10-14-12-8-2-1-6(5-16)3-7(8)9-4-11-15-13-9/h1-5H,(H,11,13,15). The van der Waals surface area contributed by atoms with Crippen LogP contribution in [0.5, 0.6) is 0 Å². The molecule has 1 N–H and O–H groups in total. The monoisotopic (exact) mass is 214 g/mol. The number of H-pyrrole nitrogens is 1. The third kappa shape index (κ3) is 1.75. The molecule has 0 atom stereocenters. The molecule has 78 valence electrons. The number of rotatable bonds is 3. The van der Waals surface area contributed by atoms with E-state index in [2.05, 4.69) is 25.4 Å². The maximum atomic E-state index is 10.7. The Hall–Kier alpha value is -2.66. The number of carbonyl (C=O) groups excluding carboxylic acids is 1. The fourth-order valence-corrected chi connectivity index (χ4v) is 1.30. The molecule has 0 radical (unpaired) electrons. The highest BCUT2D eigenvalue weighted by molar-refractivity contribution is 5.82. The summed E-state index contributed by atoms with van der Waals surface area (Å²) in [6.45, 7) is 0. The van der Waals surface area contributed by atoms with E-state index in [1.165, 1.54) is 0 Å². The fourth-order valence-electron chi connectivity index (χ4n) is 1.30. The van der Waals surface area contributed by atoms with Gasteiger partial charge in [0.25, 0.3) is 0 Å². The van der Waals surface area contributed by atoms with Gasteiger partial charge in [0.2, 0.25) is 0 Å². The summed E-state index contributed by atoms with van der Waals surface area (Å²) < 4.78 is 0. The summed E-state index contributed by atoms with van der Waals surface area (Å²) in [7, 11) is 0. The number of aromatic amines is 1. The van der Waals surface area contributed by atoms with Crippen LogP contribution < -0.4 is 0 Å². The molecule has 0 saturated carbocycles. The second-order valence-corrected chi connectivity index (χ2v) is 2.94. The van der Waals surface area contributed by atoms with Crippen LogP contribution in [0.4, 0.5) is 5.69 Å². The predicted molar refractivity (Wildman–Crippen MR) is 56.0 cm³/mol. The first kappa shape index (κ1) is 9.88. The fraction of sp³-hybridized carbons (Fsp3) is 0. The van der Waals surface area contributed by atoms with Crippen LogP contribution in [0, 0.1) is 0 Å². The van der Waals surface area contributed by atoms with Crippen molar-refractivity contribution < 1.29 is 4.79 Å². The summed E-state index contributed by atoms with van der Waals surface area (Å²) in [5, 5.41) is 13.4. The predicted octanol–water partition coefficient (Wildman–Crippen LogP) is 2.23. The van der Waals surface area contributed by atoms with Gasteiger partial charge in [0.1, 0.15) is 12.0 Å². The first-order valence-corrected chi connectivity index (χ1v) is 4.36. The number of nitrogens with one attached hydrogen (secondary N) is 1. The van der Waals surface area contributed by atoms with E-state index in [0.29, 0.717) is 28.8 Å².